The molecule has 1 atom stereocenters. The predicted octanol–water partition coefficient (Wildman–Crippen LogP) is 3.24. The Kier molecular flexibility index (Phi) is 5.11. The number of nitrogens with one attached hydrogen (secondary N) is 2. The van der Waals surface area contributed by atoms with E-state index in [1.54, 1.807) is 12.0 Å². The summed E-state index contributed by atoms with van der Waals surface area (Å²) in [6.45, 7) is 4.46. The first kappa shape index (κ1) is 17.8. The number of nitrogens with zero attached hydrogens (tertiary/aromatic N) is 1. The normalized spacial score (nSPS) is 16.5. The number of benzene rings is 2. The van der Waals surface area contributed by atoms with E-state index in [4.69, 9.17) is 4.74 Å². The largest absolute Gasteiger partial charge is 0.497 e. The molecule has 0 aliphatic carbocycles. The SMILES string of the molecule is COc1cccc(N2C[C@@H](NC(=O)Nc3ccc(C)c(C)c3)CC2=O)c1. The molecule has 0 spiro atoms. The maximum atomic E-state index is 12.3. The second-order valence-corrected chi connectivity index (χ2v) is 6.50. The predicted molar refractivity (Wildman–Crippen MR) is 102 cm³/mol. The summed E-state index contributed by atoms with van der Waals surface area (Å²) in [6.07, 6.45) is 0.275. The van der Waals surface area contributed by atoms with E-state index in [1.165, 1.54) is 5.56 Å². The average molecular weight is 353 g/mol. The van der Waals surface area contributed by atoms with Gasteiger partial charge in [-0.1, -0.05) is 12.1 Å². The third-order valence-electron chi connectivity index (χ3n) is 4.59. The number of carbonyl (C=O) groups excluding carboxylic acids is 2. The van der Waals surface area contributed by atoms with E-state index in [0.717, 1.165) is 16.9 Å². The van der Waals surface area contributed by atoms with Crippen LogP contribution in [0, 0.1) is 13.8 Å². The van der Waals surface area contributed by atoms with Crippen molar-refractivity contribution in [2.24, 2.45) is 0 Å². The highest BCUT2D eigenvalue weighted by molar-refractivity contribution is 5.97. The molecule has 2 N–H and O–H groups in total. The highest BCUT2D eigenvalue weighted by atomic mass is 16.5. The van der Waals surface area contributed by atoms with Gasteiger partial charge in [-0.2, -0.15) is 0 Å². The van der Waals surface area contributed by atoms with Crippen molar-refractivity contribution in [3.8, 4) is 5.75 Å². The van der Waals surface area contributed by atoms with Crippen molar-refractivity contribution in [1.29, 1.82) is 0 Å². The highest BCUT2D eigenvalue weighted by Gasteiger charge is 2.31. The number of carbonyl (C=O) groups is 2. The van der Waals surface area contributed by atoms with Gasteiger partial charge in [0.15, 0.2) is 0 Å². The molecule has 6 heteroatoms. The first-order valence-corrected chi connectivity index (χ1v) is 8.55. The van der Waals surface area contributed by atoms with Gasteiger partial charge in [-0.25, -0.2) is 4.79 Å². The molecule has 0 unspecified atom stereocenters. The number of ether oxygens (including phenoxy) is 1. The minimum absolute atomic E-state index is 0.0188. The summed E-state index contributed by atoms with van der Waals surface area (Å²) in [5, 5.41) is 5.70. The summed E-state index contributed by atoms with van der Waals surface area (Å²) in [5.74, 6) is 0.675. The van der Waals surface area contributed by atoms with E-state index in [9.17, 15) is 9.59 Å². The van der Waals surface area contributed by atoms with Crippen molar-refractivity contribution >= 4 is 23.3 Å². The highest BCUT2D eigenvalue weighted by Crippen LogP contribution is 2.25. The van der Waals surface area contributed by atoms with Gasteiger partial charge in [-0.15, -0.1) is 0 Å². The Morgan fingerprint density at radius 1 is 1.15 bits per heavy atom. The van der Waals surface area contributed by atoms with Crippen molar-refractivity contribution in [3.05, 3.63) is 53.6 Å². The number of aryl methyl sites for hydroxylation is 2. The van der Waals surface area contributed by atoms with Gasteiger partial charge in [0.05, 0.1) is 13.2 Å². The lowest BCUT2D eigenvalue weighted by Gasteiger charge is -2.18. The summed E-state index contributed by atoms with van der Waals surface area (Å²) < 4.78 is 5.21. The molecule has 3 rings (SSSR count). The van der Waals surface area contributed by atoms with Gasteiger partial charge in [0, 0.05) is 30.4 Å². The van der Waals surface area contributed by atoms with E-state index >= 15 is 0 Å². The smallest absolute Gasteiger partial charge is 0.319 e. The number of amides is 3. The summed E-state index contributed by atoms with van der Waals surface area (Å²) in [7, 11) is 1.59. The summed E-state index contributed by atoms with van der Waals surface area (Å²) >= 11 is 0. The van der Waals surface area contributed by atoms with Crippen LogP contribution in [-0.4, -0.2) is 31.6 Å². The molecule has 2 aromatic carbocycles. The van der Waals surface area contributed by atoms with Crippen molar-refractivity contribution in [2.75, 3.05) is 23.9 Å². The molecule has 1 fully saturated rings. The Balaban J connectivity index is 1.61. The fraction of sp³-hybridized carbons (Fsp3) is 0.300. The molecule has 136 valence electrons. The molecule has 0 radical (unpaired) electrons. The van der Waals surface area contributed by atoms with Gasteiger partial charge in [0.1, 0.15) is 5.75 Å². The Morgan fingerprint density at radius 3 is 2.69 bits per heavy atom. The first-order valence-electron chi connectivity index (χ1n) is 8.55. The second kappa shape index (κ2) is 7.47. The monoisotopic (exact) mass is 353 g/mol. The topological polar surface area (TPSA) is 70.7 Å². The van der Waals surface area contributed by atoms with Crippen LogP contribution in [0.1, 0.15) is 17.5 Å². The lowest BCUT2D eigenvalue weighted by Crippen LogP contribution is -2.39. The van der Waals surface area contributed by atoms with Crippen molar-refractivity contribution < 1.29 is 14.3 Å². The fourth-order valence-corrected chi connectivity index (χ4v) is 3.00. The van der Waals surface area contributed by atoms with E-state index in [-0.39, 0.29) is 24.4 Å². The molecule has 0 saturated carbocycles. The molecular formula is C20H23N3O3. The van der Waals surface area contributed by atoms with Crippen LogP contribution in [-0.2, 0) is 4.79 Å². The third-order valence-corrected chi connectivity index (χ3v) is 4.59. The van der Waals surface area contributed by atoms with Crippen LogP contribution in [0.5, 0.6) is 5.75 Å². The summed E-state index contributed by atoms with van der Waals surface area (Å²) in [6, 6.07) is 12.6. The molecule has 1 heterocycles. The van der Waals surface area contributed by atoms with Crippen LogP contribution in [0.4, 0.5) is 16.2 Å². The van der Waals surface area contributed by atoms with Crippen LogP contribution in [0.3, 0.4) is 0 Å². The quantitative estimate of drug-likeness (QED) is 0.886. The molecule has 2 aromatic rings. The lowest BCUT2D eigenvalue weighted by atomic mass is 10.1. The Labute approximate surface area is 153 Å². The van der Waals surface area contributed by atoms with E-state index < -0.39 is 0 Å². The van der Waals surface area contributed by atoms with Crippen LogP contribution >= 0.6 is 0 Å². The minimum atomic E-state index is -0.307. The zero-order valence-corrected chi connectivity index (χ0v) is 15.2. The maximum absolute atomic E-state index is 12.3. The fourth-order valence-electron chi connectivity index (χ4n) is 3.00. The maximum Gasteiger partial charge on any atom is 0.319 e. The van der Waals surface area contributed by atoms with Crippen molar-refractivity contribution in [1.82, 2.24) is 5.32 Å². The first-order chi connectivity index (χ1) is 12.5. The zero-order valence-electron chi connectivity index (χ0n) is 15.2. The molecule has 0 aromatic heterocycles. The number of hydrogen-bond donors (Lipinski definition) is 2. The standard InChI is InChI=1S/C20H23N3O3/c1-13-7-8-15(9-14(13)2)21-20(25)22-16-10-19(24)23(12-16)17-5-4-6-18(11-17)26-3/h4-9,11,16H,10,12H2,1-3H3,(H2,21,22,25)/t16-/m0/s1. The molecule has 3 amide bonds. The van der Waals surface area contributed by atoms with Crippen molar-refractivity contribution in [2.45, 2.75) is 26.3 Å². The summed E-state index contributed by atoms with van der Waals surface area (Å²) in [4.78, 5) is 26.2. The van der Waals surface area contributed by atoms with Crippen LogP contribution in [0.25, 0.3) is 0 Å². The molecule has 26 heavy (non-hydrogen) atoms. The average Bonchev–Trinajstić information content (AvgIpc) is 2.98. The number of urea groups is 1. The van der Waals surface area contributed by atoms with Gasteiger partial charge in [0.2, 0.25) is 5.91 Å². The Morgan fingerprint density at radius 2 is 1.96 bits per heavy atom. The molecule has 1 saturated heterocycles. The Bertz CT molecular complexity index is 835. The number of rotatable bonds is 4. The number of methoxy groups -OCH3 is 1. The van der Waals surface area contributed by atoms with Gasteiger partial charge in [-0.3, -0.25) is 4.79 Å². The molecular weight excluding hydrogens is 330 g/mol. The number of hydrogen-bond acceptors (Lipinski definition) is 3. The minimum Gasteiger partial charge on any atom is -0.497 e. The molecule has 1 aliphatic rings. The molecule has 0 bridgehead atoms. The third kappa shape index (κ3) is 3.96. The van der Waals surface area contributed by atoms with Gasteiger partial charge < -0.3 is 20.3 Å². The Hall–Kier alpha value is -3.02. The van der Waals surface area contributed by atoms with E-state index in [0.29, 0.717) is 12.3 Å². The summed E-state index contributed by atoms with van der Waals surface area (Å²) in [5.41, 5.74) is 3.79. The molecule has 1 aliphatic heterocycles. The van der Waals surface area contributed by atoms with Gasteiger partial charge >= 0.3 is 6.03 Å². The van der Waals surface area contributed by atoms with E-state index in [1.807, 2.05) is 56.3 Å². The lowest BCUT2D eigenvalue weighted by molar-refractivity contribution is -0.117. The van der Waals surface area contributed by atoms with Gasteiger partial charge in [-0.05, 0) is 49.2 Å². The van der Waals surface area contributed by atoms with Crippen molar-refractivity contribution in [3.63, 3.8) is 0 Å². The van der Waals surface area contributed by atoms with E-state index in [2.05, 4.69) is 10.6 Å². The van der Waals surface area contributed by atoms with Gasteiger partial charge in [0.25, 0.3) is 0 Å². The van der Waals surface area contributed by atoms with Crippen LogP contribution < -0.4 is 20.3 Å². The molecule has 6 nitrogen and oxygen atoms in total. The zero-order chi connectivity index (χ0) is 18.7. The van der Waals surface area contributed by atoms with Crippen LogP contribution in [0.2, 0.25) is 0 Å². The second-order valence-electron chi connectivity index (χ2n) is 6.50. The number of anilines is 2. The van der Waals surface area contributed by atoms with Crippen LogP contribution in [0.15, 0.2) is 42.5 Å².